The van der Waals surface area contributed by atoms with Gasteiger partial charge in [-0.3, -0.25) is 4.79 Å². The van der Waals surface area contributed by atoms with Crippen molar-refractivity contribution in [2.45, 2.75) is 18.4 Å². The first-order valence-corrected chi connectivity index (χ1v) is 11.4. The average Bonchev–Trinajstić information content (AvgIpc) is 3.25. The van der Waals surface area contributed by atoms with Crippen LogP contribution in [0.2, 0.25) is 0 Å². The summed E-state index contributed by atoms with van der Waals surface area (Å²) in [6.45, 7) is 5.71. The van der Waals surface area contributed by atoms with Gasteiger partial charge in [-0.25, -0.2) is 13.4 Å². The second-order valence-electron chi connectivity index (χ2n) is 6.84. The Hall–Kier alpha value is -2.81. The summed E-state index contributed by atoms with van der Waals surface area (Å²) in [6.07, 6.45) is 2.70. The maximum absolute atomic E-state index is 12.4. The fourth-order valence-corrected chi connectivity index (χ4v) is 3.74. The molecule has 3 rings (SSSR count). The zero-order valence-corrected chi connectivity index (χ0v) is 17.5. The number of carbonyl (C=O) groups excluding carboxylic acids is 1. The van der Waals surface area contributed by atoms with E-state index in [0.29, 0.717) is 43.4 Å². The SMILES string of the molecule is CCNC(=NCc1ccc(S(C)(=O)=O)cc1)N1CCN(C(=O)c2ccco2)CC1. The Balaban J connectivity index is 1.62. The molecular weight excluding hydrogens is 392 g/mol. The Kier molecular flexibility index (Phi) is 6.58. The number of guanidine groups is 1. The summed E-state index contributed by atoms with van der Waals surface area (Å²) < 4.78 is 28.3. The van der Waals surface area contributed by atoms with Crippen LogP contribution in [-0.4, -0.2) is 69.1 Å². The number of hydrogen-bond acceptors (Lipinski definition) is 5. The van der Waals surface area contributed by atoms with Crippen LogP contribution in [0.4, 0.5) is 0 Å². The maximum atomic E-state index is 12.4. The first-order chi connectivity index (χ1) is 13.9. The molecule has 1 amide bonds. The van der Waals surface area contributed by atoms with E-state index < -0.39 is 9.84 Å². The molecule has 1 aliphatic rings. The molecule has 1 aromatic carbocycles. The van der Waals surface area contributed by atoms with Crippen LogP contribution in [0.5, 0.6) is 0 Å². The van der Waals surface area contributed by atoms with Gasteiger partial charge in [0.15, 0.2) is 21.6 Å². The standard InChI is InChI=1S/C20H26N4O4S/c1-3-21-20(22-15-16-6-8-17(9-7-16)29(2,26)27)24-12-10-23(11-13-24)19(25)18-5-4-14-28-18/h4-9,14H,3,10-13,15H2,1-2H3,(H,21,22). The highest BCUT2D eigenvalue weighted by Crippen LogP contribution is 2.12. The Morgan fingerprint density at radius 3 is 2.31 bits per heavy atom. The molecule has 156 valence electrons. The molecule has 0 unspecified atom stereocenters. The lowest BCUT2D eigenvalue weighted by molar-refractivity contribution is 0.0657. The van der Waals surface area contributed by atoms with Crippen molar-refractivity contribution < 1.29 is 17.6 Å². The zero-order chi connectivity index (χ0) is 20.9. The molecule has 8 nitrogen and oxygen atoms in total. The van der Waals surface area contributed by atoms with Crippen molar-refractivity contribution in [3.63, 3.8) is 0 Å². The molecule has 2 aromatic rings. The van der Waals surface area contributed by atoms with E-state index in [0.717, 1.165) is 18.1 Å². The Labute approximate surface area is 171 Å². The number of nitrogens with zero attached hydrogens (tertiary/aromatic N) is 3. The first-order valence-electron chi connectivity index (χ1n) is 9.53. The number of benzene rings is 1. The number of hydrogen-bond donors (Lipinski definition) is 1. The third-order valence-electron chi connectivity index (χ3n) is 4.70. The van der Waals surface area contributed by atoms with Gasteiger partial charge in [0.05, 0.1) is 17.7 Å². The highest BCUT2D eigenvalue weighted by molar-refractivity contribution is 7.90. The van der Waals surface area contributed by atoms with E-state index in [-0.39, 0.29) is 5.91 Å². The van der Waals surface area contributed by atoms with E-state index >= 15 is 0 Å². The fourth-order valence-electron chi connectivity index (χ4n) is 3.11. The maximum Gasteiger partial charge on any atom is 0.289 e. The van der Waals surface area contributed by atoms with Crippen LogP contribution in [0.3, 0.4) is 0 Å². The number of amides is 1. The summed E-state index contributed by atoms with van der Waals surface area (Å²) in [6, 6.07) is 10.2. The zero-order valence-electron chi connectivity index (χ0n) is 16.7. The molecule has 29 heavy (non-hydrogen) atoms. The van der Waals surface area contributed by atoms with Crippen molar-refractivity contribution >= 4 is 21.7 Å². The van der Waals surface area contributed by atoms with Crippen LogP contribution >= 0.6 is 0 Å². The van der Waals surface area contributed by atoms with Crippen LogP contribution in [0.15, 0.2) is 57.0 Å². The van der Waals surface area contributed by atoms with Crippen molar-refractivity contribution in [3.05, 3.63) is 54.0 Å². The minimum atomic E-state index is -3.20. The van der Waals surface area contributed by atoms with Crippen LogP contribution in [0, 0.1) is 0 Å². The quantitative estimate of drug-likeness (QED) is 0.586. The Morgan fingerprint density at radius 1 is 1.10 bits per heavy atom. The molecule has 0 bridgehead atoms. The third-order valence-corrected chi connectivity index (χ3v) is 5.82. The molecule has 2 heterocycles. The number of aliphatic imine (C=N–C) groups is 1. The minimum absolute atomic E-state index is 0.0949. The summed E-state index contributed by atoms with van der Waals surface area (Å²) in [4.78, 5) is 21.3. The third kappa shape index (κ3) is 5.38. The molecule has 1 aliphatic heterocycles. The Bertz CT molecular complexity index is 945. The summed E-state index contributed by atoms with van der Waals surface area (Å²) in [5.41, 5.74) is 0.930. The number of rotatable bonds is 5. The van der Waals surface area contributed by atoms with Crippen molar-refractivity contribution in [2.24, 2.45) is 4.99 Å². The van der Waals surface area contributed by atoms with Gasteiger partial charge in [0.25, 0.3) is 5.91 Å². The smallest absolute Gasteiger partial charge is 0.289 e. The van der Waals surface area contributed by atoms with E-state index in [4.69, 9.17) is 4.42 Å². The fraction of sp³-hybridized carbons (Fsp3) is 0.400. The summed E-state index contributed by atoms with van der Waals surface area (Å²) in [7, 11) is -3.20. The molecule has 1 saturated heterocycles. The van der Waals surface area contributed by atoms with Gasteiger partial charge in [0.2, 0.25) is 0 Å². The van der Waals surface area contributed by atoms with Gasteiger partial charge < -0.3 is 19.5 Å². The summed E-state index contributed by atoms with van der Waals surface area (Å²) in [5, 5.41) is 3.29. The van der Waals surface area contributed by atoms with Gasteiger partial charge in [0.1, 0.15) is 0 Å². The van der Waals surface area contributed by atoms with Crippen molar-refractivity contribution in [2.75, 3.05) is 39.0 Å². The number of piperazine rings is 1. The highest BCUT2D eigenvalue weighted by Gasteiger charge is 2.25. The lowest BCUT2D eigenvalue weighted by Gasteiger charge is -2.36. The Morgan fingerprint density at radius 2 is 1.76 bits per heavy atom. The van der Waals surface area contributed by atoms with Gasteiger partial charge >= 0.3 is 0 Å². The molecule has 9 heteroatoms. The van der Waals surface area contributed by atoms with Crippen LogP contribution in [-0.2, 0) is 16.4 Å². The molecule has 1 aromatic heterocycles. The van der Waals surface area contributed by atoms with Crippen LogP contribution in [0.1, 0.15) is 23.0 Å². The van der Waals surface area contributed by atoms with Crippen molar-refractivity contribution in [3.8, 4) is 0 Å². The van der Waals surface area contributed by atoms with E-state index in [1.165, 1.54) is 12.5 Å². The van der Waals surface area contributed by atoms with Gasteiger partial charge in [-0.15, -0.1) is 0 Å². The average molecular weight is 419 g/mol. The van der Waals surface area contributed by atoms with E-state index in [1.807, 2.05) is 6.92 Å². The van der Waals surface area contributed by atoms with E-state index in [2.05, 4.69) is 15.2 Å². The number of nitrogens with one attached hydrogen (secondary N) is 1. The predicted octanol–water partition coefficient (Wildman–Crippen LogP) is 1.61. The van der Waals surface area contributed by atoms with Crippen molar-refractivity contribution in [1.82, 2.24) is 15.1 Å². The van der Waals surface area contributed by atoms with Crippen LogP contribution in [0.25, 0.3) is 0 Å². The second kappa shape index (κ2) is 9.13. The van der Waals surface area contributed by atoms with Gasteiger partial charge in [-0.2, -0.15) is 0 Å². The minimum Gasteiger partial charge on any atom is -0.459 e. The van der Waals surface area contributed by atoms with Gasteiger partial charge in [0, 0.05) is 39.0 Å². The summed E-state index contributed by atoms with van der Waals surface area (Å²) in [5.74, 6) is 1.05. The highest BCUT2D eigenvalue weighted by atomic mass is 32.2. The molecule has 0 saturated carbocycles. The van der Waals surface area contributed by atoms with Gasteiger partial charge in [-0.05, 0) is 36.8 Å². The molecule has 0 spiro atoms. The molecular formula is C20H26N4O4S. The van der Waals surface area contributed by atoms with E-state index in [9.17, 15) is 13.2 Å². The number of carbonyl (C=O) groups is 1. The normalized spacial score (nSPS) is 15.4. The number of furan rings is 1. The van der Waals surface area contributed by atoms with Crippen molar-refractivity contribution in [1.29, 1.82) is 0 Å². The second-order valence-corrected chi connectivity index (χ2v) is 8.86. The molecule has 0 radical (unpaired) electrons. The summed E-state index contributed by atoms with van der Waals surface area (Å²) >= 11 is 0. The lowest BCUT2D eigenvalue weighted by Crippen LogP contribution is -2.53. The van der Waals surface area contributed by atoms with Gasteiger partial charge in [-0.1, -0.05) is 12.1 Å². The molecule has 1 fully saturated rings. The molecule has 1 N–H and O–H groups in total. The molecule has 0 atom stereocenters. The van der Waals surface area contributed by atoms with Crippen LogP contribution < -0.4 is 5.32 Å². The first kappa shape index (κ1) is 20.9. The largest absolute Gasteiger partial charge is 0.459 e. The van der Waals surface area contributed by atoms with E-state index in [1.54, 1.807) is 41.3 Å². The topological polar surface area (TPSA) is 95.2 Å². The molecule has 0 aliphatic carbocycles. The predicted molar refractivity (Wildman–Crippen MR) is 111 cm³/mol. The monoisotopic (exact) mass is 418 g/mol. The number of sulfone groups is 1. The lowest BCUT2D eigenvalue weighted by atomic mass is 10.2.